The molecule has 0 atom stereocenters. The van der Waals surface area contributed by atoms with Crippen molar-refractivity contribution in [1.82, 2.24) is 9.97 Å². The summed E-state index contributed by atoms with van der Waals surface area (Å²) < 4.78 is 27.8. The van der Waals surface area contributed by atoms with Crippen molar-refractivity contribution in [2.75, 3.05) is 18.8 Å². The van der Waals surface area contributed by atoms with E-state index >= 15 is 0 Å². The second-order valence-electron chi connectivity index (χ2n) is 4.53. The maximum absolute atomic E-state index is 11.4. The quantitative estimate of drug-likeness (QED) is 0.666. The van der Waals surface area contributed by atoms with Crippen molar-refractivity contribution < 1.29 is 13.2 Å². The van der Waals surface area contributed by atoms with Gasteiger partial charge in [0.25, 0.3) is 0 Å². The highest BCUT2D eigenvalue weighted by molar-refractivity contribution is 7.90. The number of ether oxygens (including phenoxy) is 1. The second-order valence-corrected chi connectivity index (χ2v) is 6.54. The van der Waals surface area contributed by atoms with Crippen LogP contribution >= 0.6 is 0 Å². The molecular weight excluding hydrogens is 304 g/mol. The monoisotopic (exact) mass is 320 g/mol. The zero-order valence-electron chi connectivity index (χ0n) is 12.4. The lowest BCUT2D eigenvalue weighted by Gasteiger charge is -2.04. The average molecular weight is 320 g/mol. The third-order valence-electron chi connectivity index (χ3n) is 2.86. The first kappa shape index (κ1) is 15.9. The van der Waals surface area contributed by atoms with Crippen LogP contribution in [-0.2, 0) is 9.84 Å². The minimum atomic E-state index is -3.20. The van der Waals surface area contributed by atoms with E-state index in [1.54, 1.807) is 43.5 Å². The zero-order valence-corrected chi connectivity index (χ0v) is 13.3. The summed E-state index contributed by atoms with van der Waals surface area (Å²) in [7, 11) is -1.68. The minimum absolute atomic E-state index is 0.271. The van der Waals surface area contributed by atoms with Gasteiger partial charge in [-0.25, -0.2) is 18.8 Å². The number of aromatic nitrogens is 2. The first-order valence-electron chi connectivity index (χ1n) is 6.38. The van der Waals surface area contributed by atoms with Crippen molar-refractivity contribution >= 4 is 21.5 Å². The molecule has 2 aromatic rings. The highest BCUT2D eigenvalue weighted by Crippen LogP contribution is 2.12. The average Bonchev–Trinajstić information content (AvgIpc) is 2.52. The summed E-state index contributed by atoms with van der Waals surface area (Å²) in [6, 6.07) is 8.12. The molecule has 1 aromatic carbocycles. The number of nitrogens with zero attached hydrogens (tertiary/aromatic N) is 3. The molecule has 0 bridgehead atoms. The van der Waals surface area contributed by atoms with Crippen LogP contribution in [0.1, 0.15) is 12.5 Å². The van der Waals surface area contributed by atoms with Crippen molar-refractivity contribution in [3.8, 4) is 5.88 Å². The van der Waals surface area contributed by atoms with Crippen LogP contribution in [0.2, 0.25) is 0 Å². The molecule has 2 rings (SSSR count). The number of hydrazone groups is 1. The van der Waals surface area contributed by atoms with Gasteiger partial charge in [0.15, 0.2) is 9.84 Å². The molecule has 1 N–H and O–H groups in total. The lowest BCUT2D eigenvalue weighted by Crippen LogP contribution is -2.03. The molecule has 0 aliphatic rings. The van der Waals surface area contributed by atoms with Crippen LogP contribution in [0.25, 0.3) is 0 Å². The van der Waals surface area contributed by atoms with Crippen molar-refractivity contribution in [2.45, 2.75) is 11.8 Å². The summed E-state index contributed by atoms with van der Waals surface area (Å²) in [6.07, 6.45) is 2.73. The molecule has 0 amide bonds. The lowest BCUT2D eigenvalue weighted by molar-refractivity contribution is 0.397. The second kappa shape index (κ2) is 6.52. The summed E-state index contributed by atoms with van der Waals surface area (Å²) in [5.41, 5.74) is 4.20. The number of anilines is 1. The van der Waals surface area contributed by atoms with E-state index in [0.29, 0.717) is 17.5 Å². The van der Waals surface area contributed by atoms with Gasteiger partial charge < -0.3 is 4.74 Å². The Morgan fingerprint density at radius 2 is 1.91 bits per heavy atom. The Labute approximate surface area is 129 Å². The highest BCUT2D eigenvalue weighted by Gasteiger charge is 2.07. The van der Waals surface area contributed by atoms with Gasteiger partial charge in [-0.15, -0.1) is 0 Å². The van der Waals surface area contributed by atoms with E-state index in [-0.39, 0.29) is 4.90 Å². The third-order valence-corrected chi connectivity index (χ3v) is 3.99. The molecule has 0 saturated carbocycles. The number of benzene rings is 1. The lowest BCUT2D eigenvalue weighted by atomic mass is 10.1. The standard InChI is InChI=1S/C14H16N4O3S/c1-10(11-4-6-12(7-5-11)22(3,19)20)17-18-14-15-9-8-13(16-14)21-2/h4-9H,1-3H3,(H,15,16,18)/b17-10+. The smallest absolute Gasteiger partial charge is 0.246 e. The van der Waals surface area contributed by atoms with Gasteiger partial charge in [0, 0.05) is 18.5 Å². The molecule has 0 radical (unpaired) electrons. The minimum Gasteiger partial charge on any atom is -0.481 e. The summed E-state index contributed by atoms with van der Waals surface area (Å²) in [4.78, 5) is 8.35. The van der Waals surface area contributed by atoms with Gasteiger partial charge in [0.1, 0.15) is 0 Å². The van der Waals surface area contributed by atoms with Gasteiger partial charge >= 0.3 is 0 Å². The van der Waals surface area contributed by atoms with E-state index < -0.39 is 9.84 Å². The number of hydrogen-bond donors (Lipinski definition) is 1. The SMILES string of the molecule is COc1ccnc(N/N=C(\C)c2ccc(S(C)(=O)=O)cc2)n1. The Morgan fingerprint density at radius 1 is 1.23 bits per heavy atom. The molecule has 8 heteroatoms. The number of rotatable bonds is 5. The molecule has 1 heterocycles. The summed E-state index contributed by atoms with van der Waals surface area (Å²) in [5, 5.41) is 4.17. The fourth-order valence-corrected chi connectivity index (χ4v) is 2.28. The van der Waals surface area contributed by atoms with Gasteiger partial charge in [0.2, 0.25) is 11.8 Å². The Hall–Kier alpha value is -2.48. The highest BCUT2D eigenvalue weighted by atomic mass is 32.2. The summed E-state index contributed by atoms with van der Waals surface area (Å²) in [6.45, 7) is 1.79. The molecule has 0 aliphatic heterocycles. The molecule has 7 nitrogen and oxygen atoms in total. The maximum Gasteiger partial charge on any atom is 0.246 e. The van der Waals surface area contributed by atoms with E-state index in [4.69, 9.17) is 4.74 Å². The molecule has 116 valence electrons. The van der Waals surface area contributed by atoms with Gasteiger partial charge in [-0.1, -0.05) is 12.1 Å². The fourth-order valence-electron chi connectivity index (χ4n) is 1.65. The fraction of sp³-hybridized carbons (Fsp3) is 0.214. The van der Waals surface area contributed by atoms with Crippen LogP contribution in [0.5, 0.6) is 5.88 Å². The molecule has 0 spiro atoms. The van der Waals surface area contributed by atoms with Crippen molar-refractivity contribution in [2.24, 2.45) is 5.10 Å². The number of nitrogens with one attached hydrogen (secondary N) is 1. The van der Waals surface area contributed by atoms with Gasteiger partial charge in [-0.05, 0) is 24.6 Å². The number of hydrogen-bond acceptors (Lipinski definition) is 7. The number of methoxy groups -OCH3 is 1. The molecule has 22 heavy (non-hydrogen) atoms. The van der Waals surface area contributed by atoms with Crippen LogP contribution in [0.4, 0.5) is 5.95 Å². The summed E-state index contributed by atoms with van der Waals surface area (Å²) in [5.74, 6) is 0.745. The van der Waals surface area contributed by atoms with E-state index in [1.165, 1.54) is 13.4 Å². The normalized spacial score (nSPS) is 12.0. The van der Waals surface area contributed by atoms with Crippen molar-refractivity contribution in [3.05, 3.63) is 42.1 Å². The Balaban J connectivity index is 2.15. The van der Waals surface area contributed by atoms with Gasteiger partial charge in [0.05, 0.1) is 17.7 Å². The Kier molecular flexibility index (Phi) is 4.71. The predicted octanol–water partition coefficient (Wildman–Crippen LogP) is 1.72. The molecule has 0 saturated heterocycles. The zero-order chi connectivity index (χ0) is 16.2. The van der Waals surface area contributed by atoms with Crippen LogP contribution < -0.4 is 10.2 Å². The first-order valence-corrected chi connectivity index (χ1v) is 8.27. The summed E-state index contributed by atoms with van der Waals surface area (Å²) >= 11 is 0. The van der Waals surface area contributed by atoms with E-state index in [1.807, 2.05) is 0 Å². The largest absolute Gasteiger partial charge is 0.481 e. The van der Waals surface area contributed by atoms with Crippen LogP contribution in [0, 0.1) is 0 Å². The van der Waals surface area contributed by atoms with Crippen LogP contribution in [0.3, 0.4) is 0 Å². The topological polar surface area (TPSA) is 93.5 Å². The molecule has 0 aliphatic carbocycles. The van der Waals surface area contributed by atoms with Crippen molar-refractivity contribution in [3.63, 3.8) is 0 Å². The van der Waals surface area contributed by atoms with E-state index in [2.05, 4.69) is 20.5 Å². The van der Waals surface area contributed by atoms with Gasteiger partial charge in [-0.3, -0.25) is 0 Å². The van der Waals surface area contributed by atoms with Crippen LogP contribution in [-0.4, -0.2) is 37.5 Å². The molecular formula is C14H16N4O3S. The first-order chi connectivity index (χ1) is 10.4. The molecule has 0 fully saturated rings. The van der Waals surface area contributed by atoms with E-state index in [0.717, 1.165) is 5.56 Å². The molecule has 1 aromatic heterocycles. The third kappa shape index (κ3) is 4.01. The van der Waals surface area contributed by atoms with E-state index in [9.17, 15) is 8.42 Å². The van der Waals surface area contributed by atoms with Gasteiger partial charge in [-0.2, -0.15) is 10.1 Å². The Morgan fingerprint density at radius 3 is 2.50 bits per heavy atom. The predicted molar refractivity (Wildman–Crippen MR) is 84.0 cm³/mol. The maximum atomic E-state index is 11.4. The van der Waals surface area contributed by atoms with Crippen LogP contribution in [0.15, 0.2) is 46.5 Å². The molecule has 0 unspecified atom stereocenters. The number of sulfone groups is 1. The Bertz CT molecular complexity index is 786. The van der Waals surface area contributed by atoms with Crippen molar-refractivity contribution in [1.29, 1.82) is 0 Å².